The van der Waals surface area contributed by atoms with Crippen LogP contribution in [0.4, 0.5) is 11.5 Å². The summed E-state index contributed by atoms with van der Waals surface area (Å²) in [5.41, 5.74) is 7.57. The highest BCUT2D eigenvalue weighted by molar-refractivity contribution is 7.91. The first-order valence-electron chi connectivity index (χ1n) is 5.31. The van der Waals surface area contributed by atoms with E-state index in [2.05, 4.69) is 14.9 Å². The number of hydrogen-bond acceptors (Lipinski definition) is 4. The second-order valence-electron chi connectivity index (χ2n) is 4.03. The molecular formula is C11H14N4O2S. The summed E-state index contributed by atoms with van der Waals surface area (Å²) in [4.78, 5) is 0. The molecule has 6 nitrogen and oxygen atoms in total. The molecule has 1 aromatic carbocycles. The van der Waals surface area contributed by atoms with E-state index in [9.17, 15) is 8.42 Å². The standard InChI is InChI=1S/C11H14N4O2S/c1-8-6-13-14-11(8)15-18(16,17)7-9-2-4-10(12)5-3-9/h2-6H,7,12H2,1H3,(H2,13,14,15). The minimum absolute atomic E-state index is 0.105. The van der Waals surface area contributed by atoms with Crippen molar-refractivity contribution in [1.82, 2.24) is 10.2 Å². The van der Waals surface area contributed by atoms with Crippen molar-refractivity contribution >= 4 is 21.5 Å². The molecule has 0 aliphatic carbocycles. The van der Waals surface area contributed by atoms with Crippen molar-refractivity contribution in [3.63, 3.8) is 0 Å². The quantitative estimate of drug-likeness (QED) is 0.725. The van der Waals surface area contributed by atoms with Crippen LogP contribution < -0.4 is 10.5 Å². The first kappa shape index (κ1) is 12.4. The number of sulfonamides is 1. The number of anilines is 2. The van der Waals surface area contributed by atoms with Gasteiger partial charge in [0, 0.05) is 11.3 Å². The van der Waals surface area contributed by atoms with Gasteiger partial charge < -0.3 is 5.73 Å². The Labute approximate surface area is 105 Å². The number of rotatable bonds is 4. The van der Waals surface area contributed by atoms with Crippen LogP contribution in [0.2, 0.25) is 0 Å². The van der Waals surface area contributed by atoms with Crippen molar-refractivity contribution in [3.8, 4) is 0 Å². The van der Waals surface area contributed by atoms with Crippen LogP contribution in [-0.2, 0) is 15.8 Å². The van der Waals surface area contributed by atoms with Gasteiger partial charge in [0.25, 0.3) is 0 Å². The Bertz CT molecular complexity index is 631. The van der Waals surface area contributed by atoms with E-state index in [1.54, 1.807) is 37.4 Å². The number of H-pyrrole nitrogens is 1. The van der Waals surface area contributed by atoms with Crippen molar-refractivity contribution < 1.29 is 8.42 Å². The molecule has 0 atom stereocenters. The van der Waals surface area contributed by atoms with Crippen LogP contribution in [0.1, 0.15) is 11.1 Å². The van der Waals surface area contributed by atoms with Crippen LogP contribution in [-0.4, -0.2) is 18.6 Å². The van der Waals surface area contributed by atoms with Gasteiger partial charge in [0.15, 0.2) is 0 Å². The van der Waals surface area contributed by atoms with Gasteiger partial charge in [-0.1, -0.05) is 12.1 Å². The number of aryl methyl sites for hydroxylation is 1. The molecule has 1 aromatic heterocycles. The van der Waals surface area contributed by atoms with E-state index in [0.29, 0.717) is 17.1 Å². The highest BCUT2D eigenvalue weighted by Gasteiger charge is 2.13. The Balaban J connectivity index is 2.13. The molecule has 2 rings (SSSR count). The van der Waals surface area contributed by atoms with Gasteiger partial charge in [-0.3, -0.25) is 9.82 Å². The third-order valence-electron chi connectivity index (χ3n) is 2.42. The lowest BCUT2D eigenvalue weighted by molar-refractivity contribution is 0.600. The maximum absolute atomic E-state index is 11.9. The Kier molecular flexibility index (Phi) is 3.24. The maximum Gasteiger partial charge on any atom is 0.238 e. The Morgan fingerprint density at radius 1 is 1.33 bits per heavy atom. The van der Waals surface area contributed by atoms with Crippen LogP contribution in [0.3, 0.4) is 0 Å². The first-order chi connectivity index (χ1) is 8.46. The zero-order valence-corrected chi connectivity index (χ0v) is 10.7. The highest BCUT2D eigenvalue weighted by Crippen LogP contribution is 2.14. The Morgan fingerprint density at radius 3 is 2.56 bits per heavy atom. The summed E-state index contributed by atoms with van der Waals surface area (Å²) in [7, 11) is -3.46. The van der Waals surface area contributed by atoms with Crippen LogP contribution in [0.25, 0.3) is 0 Å². The van der Waals surface area contributed by atoms with Gasteiger partial charge in [0.05, 0.1) is 11.9 Å². The van der Waals surface area contributed by atoms with Gasteiger partial charge in [0.2, 0.25) is 10.0 Å². The molecular weight excluding hydrogens is 252 g/mol. The molecule has 0 spiro atoms. The van der Waals surface area contributed by atoms with Crippen molar-refractivity contribution in [2.75, 3.05) is 10.5 Å². The monoisotopic (exact) mass is 266 g/mol. The predicted octanol–water partition coefficient (Wildman–Crippen LogP) is 1.24. The highest BCUT2D eigenvalue weighted by atomic mass is 32.2. The summed E-state index contributed by atoms with van der Waals surface area (Å²) in [5, 5.41) is 6.35. The molecule has 1 heterocycles. The molecule has 0 saturated carbocycles. The van der Waals surface area contributed by atoms with Crippen molar-refractivity contribution in [1.29, 1.82) is 0 Å². The zero-order valence-electron chi connectivity index (χ0n) is 9.84. The lowest BCUT2D eigenvalue weighted by atomic mass is 10.2. The summed E-state index contributed by atoms with van der Waals surface area (Å²) in [5.74, 6) is 0.289. The summed E-state index contributed by atoms with van der Waals surface area (Å²) < 4.78 is 26.3. The van der Waals surface area contributed by atoms with Crippen LogP contribution in [0.15, 0.2) is 30.5 Å². The molecule has 0 saturated heterocycles. The van der Waals surface area contributed by atoms with E-state index in [0.717, 1.165) is 5.56 Å². The second-order valence-corrected chi connectivity index (χ2v) is 5.75. The number of benzene rings is 1. The van der Waals surface area contributed by atoms with Crippen molar-refractivity contribution in [3.05, 3.63) is 41.6 Å². The lowest BCUT2D eigenvalue weighted by Gasteiger charge is -2.07. The molecule has 96 valence electrons. The van der Waals surface area contributed by atoms with E-state index in [-0.39, 0.29) is 5.75 Å². The summed E-state index contributed by atoms with van der Waals surface area (Å²) in [6, 6.07) is 6.72. The Hall–Kier alpha value is -2.02. The molecule has 7 heteroatoms. The third kappa shape index (κ3) is 3.01. The van der Waals surface area contributed by atoms with E-state index >= 15 is 0 Å². The van der Waals surface area contributed by atoms with Crippen molar-refractivity contribution in [2.24, 2.45) is 0 Å². The smallest absolute Gasteiger partial charge is 0.238 e. The number of nitrogen functional groups attached to an aromatic ring is 1. The fourth-order valence-corrected chi connectivity index (χ4v) is 2.70. The first-order valence-corrected chi connectivity index (χ1v) is 6.96. The molecule has 2 aromatic rings. The molecule has 0 aliphatic heterocycles. The van der Waals surface area contributed by atoms with Gasteiger partial charge in [-0.2, -0.15) is 5.10 Å². The minimum Gasteiger partial charge on any atom is -0.399 e. The number of nitrogens with one attached hydrogen (secondary N) is 2. The van der Waals surface area contributed by atoms with Crippen molar-refractivity contribution in [2.45, 2.75) is 12.7 Å². The van der Waals surface area contributed by atoms with Crippen LogP contribution >= 0.6 is 0 Å². The molecule has 0 bridgehead atoms. The topological polar surface area (TPSA) is 101 Å². The van der Waals surface area contributed by atoms with Gasteiger partial charge in [-0.15, -0.1) is 0 Å². The molecule has 0 unspecified atom stereocenters. The molecule has 4 N–H and O–H groups in total. The second kappa shape index (κ2) is 4.69. The van der Waals surface area contributed by atoms with Crippen LogP contribution in [0, 0.1) is 6.92 Å². The van der Waals surface area contributed by atoms with Gasteiger partial charge in [-0.05, 0) is 24.6 Å². The number of hydrogen-bond donors (Lipinski definition) is 3. The SMILES string of the molecule is Cc1cn[nH]c1NS(=O)(=O)Cc1ccc(N)cc1. The minimum atomic E-state index is -3.46. The predicted molar refractivity (Wildman–Crippen MR) is 70.4 cm³/mol. The summed E-state index contributed by atoms with van der Waals surface area (Å²) in [6.45, 7) is 1.77. The maximum atomic E-state index is 11.9. The van der Waals surface area contributed by atoms with Gasteiger partial charge >= 0.3 is 0 Å². The lowest BCUT2D eigenvalue weighted by Crippen LogP contribution is -2.16. The average Bonchev–Trinajstić information content (AvgIpc) is 2.67. The normalized spacial score (nSPS) is 11.4. The number of aromatic amines is 1. The van der Waals surface area contributed by atoms with Crippen LogP contribution in [0.5, 0.6) is 0 Å². The number of aromatic nitrogens is 2. The fraction of sp³-hybridized carbons (Fsp3) is 0.182. The zero-order chi connectivity index (χ0) is 13.2. The van der Waals surface area contributed by atoms with E-state index < -0.39 is 10.0 Å². The molecule has 0 aliphatic rings. The largest absolute Gasteiger partial charge is 0.399 e. The molecule has 0 radical (unpaired) electrons. The fourth-order valence-electron chi connectivity index (χ4n) is 1.47. The number of nitrogens with zero attached hydrogens (tertiary/aromatic N) is 1. The third-order valence-corrected chi connectivity index (χ3v) is 3.65. The molecule has 0 fully saturated rings. The summed E-state index contributed by atoms with van der Waals surface area (Å²) >= 11 is 0. The van der Waals surface area contributed by atoms with E-state index in [4.69, 9.17) is 5.73 Å². The van der Waals surface area contributed by atoms with Gasteiger partial charge in [0.1, 0.15) is 5.82 Å². The number of nitrogens with two attached hydrogens (primary N) is 1. The van der Waals surface area contributed by atoms with E-state index in [1.807, 2.05) is 0 Å². The van der Waals surface area contributed by atoms with E-state index in [1.165, 1.54) is 0 Å². The molecule has 0 amide bonds. The van der Waals surface area contributed by atoms with Gasteiger partial charge in [-0.25, -0.2) is 8.42 Å². The Morgan fingerprint density at radius 2 is 2.00 bits per heavy atom. The average molecular weight is 266 g/mol. The summed E-state index contributed by atoms with van der Waals surface area (Å²) in [6.07, 6.45) is 1.56. The molecule has 18 heavy (non-hydrogen) atoms.